The second-order valence-electron chi connectivity index (χ2n) is 7.47. The molecule has 0 bridgehead atoms. The summed E-state index contributed by atoms with van der Waals surface area (Å²) < 4.78 is 6.53. The van der Waals surface area contributed by atoms with Crippen LogP contribution in [0, 0.1) is 6.92 Å². The summed E-state index contributed by atoms with van der Waals surface area (Å²) in [7, 11) is 4.07. The number of halogens is 1. The molecule has 0 saturated heterocycles. The number of nitrogens with zero attached hydrogens (tertiary/aromatic N) is 3. The molecule has 160 valence electrons. The molecule has 0 saturated carbocycles. The van der Waals surface area contributed by atoms with Crippen LogP contribution >= 0.6 is 22.9 Å². The second-order valence-corrected chi connectivity index (χ2v) is 8.89. The van der Waals surface area contributed by atoms with Gasteiger partial charge >= 0.3 is 0 Å². The van der Waals surface area contributed by atoms with Crippen molar-refractivity contribution < 1.29 is 9.53 Å². The number of thiazole rings is 1. The van der Waals surface area contributed by atoms with E-state index in [1.165, 1.54) is 11.3 Å². The molecule has 3 aromatic rings. The van der Waals surface area contributed by atoms with Gasteiger partial charge in [0.2, 0.25) is 5.91 Å². The molecule has 0 N–H and O–H groups in total. The van der Waals surface area contributed by atoms with Crippen LogP contribution in [0.4, 0.5) is 5.13 Å². The topological polar surface area (TPSA) is 45.7 Å². The van der Waals surface area contributed by atoms with Crippen molar-refractivity contribution in [1.82, 2.24) is 9.88 Å². The number of benzene rings is 2. The van der Waals surface area contributed by atoms with Crippen molar-refractivity contribution in [2.75, 3.05) is 38.7 Å². The molecule has 0 aliphatic rings. The van der Waals surface area contributed by atoms with E-state index in [9.17, 15) is 4.79 Å². The Kier molecular flexibility index (Phi) is 7.69. The fourth-order valence-corrected chi connectivity index (χ4v) is 4.44. The normalized spacial score (nSPS) is 11.3. The van der Waals surface area contributed by atoms with E-state index in [4.69, 9.17) is 21.3 Å². The number of amides is 1. The molecule has 30 heavy (non-hydrogen) atoms. The van der Waals surface area contributed by atoms with Crippen LogP contribution in [0.3, 0.4) is 0 Å². The molecule has 0 aliphatic heterocycles. The largest absolute Gasteiger partial charge is 0.494 e. The molecule has 1 aromatic heterocycles. The number of hydrogen-bond acceptors (Lipinski definition) is 5. The first-order valence-corrected chi connectivity index (χ1v) is 11.3. The summed E-state index contributed by atoms with van der Waals surface area (Å²) in [5.74, 6) is 0.857. The molecule has 0 atom stereocenters. The number of anilines is 1. The second kappa shape index (κ2) is 10.2. The molecule has 0 radical (unpaired) electrons. The lowest BCUT2D eigenvalue weighted by molar-refractivity contribution is -0.118. The molecule has 0 spiro atoms. The number of aryl methyl sites for hydroxylation is 1. The zero-order chi connectivity index (χ0) is 21.7. The molecule has 7 heteroatoms. The lowest BCUT2D eigenvalue weighted by Gasteiger charge is -2.21. The van der Waals surface area contributed by atoms with Crippen LogP contribution in [0.1, 0.15) is 24.5 Å². The van der Waals surface area contributed by atoms with E-state index in [0.717, 1.165) is 45.2 Å². The van der Waals surface area contributed by atoms with Gasteiger partial charge in [-0.15, -0.1) is 0 Å². The SMILES string of the molecule is CCOc1ccc(CC(=O)N(CCCN(C)C)c2nc3c(C)c(Cl)ccc3s2)cc1. The molecule has 0 aliphatic carbocycles. The van der Waals surface area contributed by atoms with Crippen LogP contribution in [0.2, 0.25) is 5.02 Å². The third kappa shape index (κ3) is 5.50. The molecular formula is C23H28ClN3O2S. The lowest BCUT2D eigenvalue weighted by atomic mass is 10.1. The van der Waals surface area contributed by atoms with Gasteiger partial charge in [-0.05, 0) is 76.3 Å². The lowest BCUT2D eigenvalue weighted by Crippen LogP contribution is -2.34. The summed E-state index contributed by atoms with van der Waals surface area (Å²) in [5.41, 5.74) is 2.78. The van der Waals surface area contributed by atoms with Crippen molar-refractivity contribution >= 4 is 44.2 Å². The van der Waals surface area contributed by atoms with E-state index < -0.39 is 0 Å². The van der Waals surface area contributed by atoms with Crippen molar-refractivity contribution in [2.24, 2.45) is 0 Å². The Labute approximate surface area is 187 Å². The predicted octanol–water partition coefficient (Wildman–Crippen LogP) is 5.18. The Hall–Kier alpha value is -2.15. The van der Waals surface area contributed by atoms with Gasteiger partial charge in [0, 0.05) is 11.6 Å². The first kappa shape index (κ1) is 22.5. The summed E-state index contributed by atoms with van der Waals surface area (Å²) in [6, 6.07) is 11.6. The van der Waals surface area contributed by atoms with Crippen molar-refractivity contribution in [3.63, 3.8) is 0 Å². The molecule has 1 heterocycles. The fraction of sp³-hybridized carbons (Fsp3) is 0.391. The fourth-order valence-electron chi connectivity index (χ4n) is 3.22. The molecule has 3 rings (SSSR count). The highest BCUT2D eigenvalue weighted by Gasteiger charge is 2.21. The maximum absolute atomic E-state index is 13.2. The van der Waals surface area contributed by atoms with E-state index in [0.29, 0.717) is 24.6 Å². The third-order valence-electron chi connectivity index (χ3n) is 4.85. The maximum Gasteiger partial charge on any atom is 0.233 e. The Morgan fingerprint density at radius 1 is 1.13 bits per heavy atom. The van der Waals surface area contributed by atoms with Gasteiger partial charge in [-0.25, -0.2) is 4.98 Å². The molecule has 0 unspecified atom stereocenters. The maximum atomic E-state index is 13.2. The molecule has 2 aromatic carbocycles. The monoisotopic (exact) mass is 445 g/mol. The highest BCUT2D eigenvalue weighted by atomic mass is 35.5. The highest BCUT2D eigenvalue weighted by Crippen LogP contribution is 2.34. The quantitative estimate of drug-likeness (QED) is 0.455. The summed E-state index contributed by atoms with van der Waals surface area (Å²) in [6.45, 7) is 6.07. The number of hydrogen-bond donors (Lipinski definition) is 0. The van der Waals surface area contributed by atoms with Crippen molar-refractivity contribution in [3.05, 3.63) is 52.5 Å². The van der Waals surface area contributed by atoms with E-state index in [1.54, 1.807) is 0 Å². The van der Waals surface area contributed by atoms with E-state index in [2.05, 4.69) is 4.90 Å². The van der Waals surface area contributed by atoms with Crippen molar-refractivity contribution in [3.8, 4) is 5.75 Å². The van der Waals surface area contributed by atoms with Gasteiger partial charge in [-0.3, -0.25) is 9.69 Å². The molecule has 0 fully saturated rings. The van der Waals surface area contributed by atoms with Gasteiger partial charge in [0.05, 0.1) is 23.2 Å². The van der Waals surface area contributed by atoms with Crippen LogP contribution in [-0.4, -0.2) is 49.6 Å². The minimum absolute atomic E-state index is 0.0423. The molecule has 1 amide bonds. The predicted molar refractivity (Wildman–Crippen MR) is 126 cm³/mol. The number of ether oxygens (including phenoxy) is 1. The summed E-state index contributed by atoms with van der Waals surface area (Å²) in [4.78, 5) is 22.0. The van der Waals surface area contributed by atoms with E-state index in [1.807, 2.05) is 69.2 Å². The van der Waals surface area contributed by atoms with Crippen LogP contribution in [-0.2, 0) is 11.2 Å². The zero-order valence-electron chi connectivity index (χ0n) is 17.9. The van der Waals surface area contributed by atoms with Crippen LogP contribution in [0.15, 0.2) is 36.4 Å². The van der Waals surface area contributed by atoms with Gasteiger partial charge in [-0.1, -0.05) is 35.1 Å². The molecular weight excluding hydrogens is 418 g/mol. The van der Waals surface area contributed by atoms with Gasteiger partial charge in [0.25, 0.3) is 0 Å². The van der Waals surface area contributed by atoms with Crippen LogP contribution in [0.5, 0.6) is 5.75 Å². The first-order chi connectivity index (χ1) is 14.4. The van der Waals surface area contributed by atoms with E-state index >= 15 is 0 Å². The van der Waals surface area contributed by atoms with Gasteiger partial charge in [-0.2, -0.15) is 0 Å². The smallest absolute Gasteiger partial charge is 0.233 e. The number of aromatic nitrogens is 1. The Morgan fingerprint density at radius 3 is 2.53 bits per heavy atom. The van der Waals surface area contributed by atoms with Gasteiger partial charge < -0.3 is 9.64 Å². The van der Waals surface area contributed by atoms with Gasteiger partial charge in [0.15, 0.2) is 5.13 Å². The van der Waals surface area contributed by atoms with Gasteiger partial charge in [0.1, 0.15) is 5.75 Å². The minimum Gasteiger partial charge on any atom is -0.494 e. The number of carbonyl (C=O) groups is 1. The standard InChI is InChI=1S/C23H28ClN3O2S/c1-5-29-18-9-7-17(8-10-18)15-21(28)27(14-6-13-26(3)4)23-25-22-16(2)19(24)11-12-20(22)30-23/h7-12H,5-6,13-15H2,1-4H3. The minimum atomic E-state index is 0.0423. The highest BCUT2D eigenvalue weighted by molar-refractivity contribution is 7.22. The summed E-state index contributed by atoms with van der Waals surface area (Å²) >= 11 is 7.81. The number of carbonyl (C=O) groups excluding carboxylic acids is 1. The number of rotatable bonds is 9. The molecule has 5 nitrogen and oxygen atoms in total. The van der Waals surface area contributed by atoms with Crippen molar-refractivity contribution in [2.45, 2.75) is 26.7 Å². The zero-order valence-corrected chi connectivity index (χ0v) is 19.5. The average Bonchev–Trinajstić information content (AvgIpc) is 3.14. The van der Waals surface area contributed by atoms with E-state index in [-0.39, 0.29) is 5.91 Å². The average molecular weight is 446 g/mol. The Bertz CT molecular complexity index is 1000. The third-order valence-corrected chi connectivity index (χ3v) is 6.30. The Morgan fingerprint density at radius 2 is 1.87 bits per heavy atom. The van der Waals surface area contributed by atoms with Crippen LogP contribution in [0.25, 0.3) is 10.2 Å². The number of fused-ring (bicyclic) bond motifs is 1. The van der Waals surface area contributed by atoms with Crippen molar-refractivity contribution in [1.29, 1.82) is 0 Å². The first-order valence-electron chi connectivity index (χ1n) is 10.1. The summed E-state index contributed by atoms with van der Waals surface area (Å²) in [6.07, 6.45) is 1.20. The Balaban J connectivity index is 1.84. The van der Waals surface area contributed by atoms with Crippen LogP contribution < -0.4 is 9.64 Å². The summed E-state index contributed by atoms with van der Waals surface area (Å²) in [5, 5.41) is 1.42.